The molecule has 0 aliphatic rings. The number of aryl methyl sites for hydroxylation is 1. The number of hydrogen-bond acceptors (Lipinski definition) is 4. The number of aromatic nitrogens is 3. The molecule has 0 saturated carbocycles. The van der Waals surface area contributed by atoms with Crippen molar-refractivity contribution in [3.63, 3.8) is 0 Å². The normalized spacial score (nSPS) is 10.5. The second-order valence-corrected chi connectivity index (χ2v) is 4.52. The molecule has 2 aromatic rings. The number of rotatable bonds is 5. The van der Waals surface area contributed by atoms with Crippen molar-refractivity contribution in [3.8, 4) is 11.3 Å². The molecule has 0 spiro atoms. The molecule has 0 aromatic carbocycles. The van der Waals surface area contributed by atoms with E-state index in [0.717, 1.165) is 47.7 Å². The first-order valence-electron chi connectivity index (χ1n) is 6.77. The van der Waals surface area contributed by atoms with Crippen LogP contribution in [0.25, 0.3) is 11.3 Å². The highest BCUT2D eigenvalue weighted by atomic mass is 15.0. The number of anilines is 1. The average molecular weight is 256 g/mol. The minimum atomic E-state index is 0.899. The molecular formula is C15H20N4. The molecule has 0 radical (unpaired) electrons. The van der Waals surface area contributed by atoms with E-state index in [1.165, 1.54) is 0 Å². The second kappa shape index (κ2) is 6.27. The molecule has 1 N–H and O–H groups in total. The molecule has 4 nitrogen and oxygen atoms in total. The zero-order valence-corrected chi connectivity index (χ0v) is 11.8. The summed E-state index contributed by atoms with van der Waals surface area (Å²) in [5, 5.41) is 3.36. The first-order chi connectivity index (χ1) is 9.26. The SMILES string of the molecule is CCCNc1ncnc(-c2ccc(C)nc2)c1CC. The molecule has 2 heterocycles. The fraction of sp³-hybridized carbons (Fsp3) is 0.400. The fourth-order valence-electron chi connectivity index (χ4n) is 2.00. The van der Waals surface area contributed by atoms with Gasteiger partial charge in [0, 0.05) is 29.6 Å². The highest BCUT2D eigenvalue weighted by Crippen LogP contribution is 2.25. The summed E-state index contributed by atoms with van der Waals surface area (Å²) in [5.74, 6) is 0.940. The first kappa shape index (κ1) is 13.5. The Hall–Kier alpha value is -1.97. The summed E-state index contributed by atoms with van der Waals surface area (Å²) in [5.41, 5.74) is 4.19. The van der Waals surface area contributed by atoms with Crippen molar-refractivity contribution < 1.29 is 0 Å². The van der Waals surface area contributed by atoms with Crippen molar-refractivity contribution in [1.29, 1.82) is 0 Å². The molecule has 19 heavy (non-hydrogen) atoms. The van der Waals surface area contributed by atoms with E-state index >= 15 is 0 Å². The Morgan fingerprint density at radius 1 is 1.11 bits per heavy atom. The van der Waals surface area contributed by atoms with E-state index in [2.05, 4.69) is 40.2 Å². The van der Waals surface area contributed by atoms with Crippen LogP contribution in [0, 0.1) is 6.92 Å². The molecule has 0 aliphatic heterocycles. The summed E-state index contributed by atoms with van der Waals surface area (Å²) in [6, 6.07) is 4.07. The van der Waals surface area contributed by atoms with Crippen molar-refractivity contribution in [2.45, 2.75) is 33.6 Å². The molecule has 0 bridgehead atoms. The maximum absolute atomic E-state index is 4.43. The van der Waals surface area contributed by atoms with Crippen molar-refractivity contribution >= 4 is 5.82 Å². The van der Waals surface area contributed by atoms with Gasteiger partial charge in [-0.2, -0.15) is 0 Å². The van der Waals surface area contributed by atoms with Crippen molar-refractivity contribution in [3.05, 3.63) is 35.9 Å². The molecule has 0 unspecified atom stereocenters. The Morgan fingerprint density at radius 3 is 2.58 bits per heavy atom. The fourth-order valence-corrected chi connectivity index (χ4v) is 2.00. The van der Waals surface area contributed by atoms with Gasteiger partial charge in [-0.05, 0) is 31.9 Å². The van der Waals surface area contributed by atoms with Gasteiger partial charge in [-0.15, -0.1) is 0 Å². The highest BCUT2D eigenvalue weighted by Gasteiger charge is 2.11. The zero-order chi connectivity index (χ0) is 13.7. The summed E-state index contributed by atoms with van der Waals surface area (Å²) in [6.07, 6.45) is 5.47. The molecule has 0 amide bonds. The van der Waals surface area contributed by atoms with E-state index in [9.17, 15) is 0 Å². The average Bonchev–Trinajstić information content (AvgIpc) is 2.45. The van der Waals surface area contributed by atoms with Gasteiger partial charge in [0.1, 0.15) is 12.1 Å². The van der Waals surface area contributed by atoms with Crippen molar-refractivity contribution in [1.82, 2.24) is 15.0 Å². The Kier molecular flexibility index (Phi) is 4.44. The van der Waals surface area contributed by atoms with Gasteiger partial charge in [-0.1, -0.05) is 13.8 Å². The van der Waals surface area contributed by atoms with E-state index in [4.69, 9.17) is 0 Å². The third kappa shape index (κ3) is 3.08. The van der Waals surface area contributed by atoms with Gasteiger partial charge < -0.3 is 5.32 Å². The van der Waals surface area contributed by atoms with Crippen molar-refractivity contribution in [2.24, 2.45) is 0 Å². The summed E-state index contributed by atoms with van der Waals surface area (Å²) in [7, 11) is 0. The third-order valence-electron chi connectivity index (χ3n) is 3.03. The van der Waals surface area contributed by atoms with Gasteiger partial charge in [0.25, 0.3) is 0 Å². The molecule has 0 atom stereocenters. The lowest BCUT2D eigenvalue weighted by atomic mass is 10.1. The van der Waals surface area contributed by atoms with E-state index < -0.39 is 0 Å². The minimum absolute atomic E-state index is 0.899. The molecule has 4 heteroatoms. The Labute approximate surface area is 114 Å². The molecule has 100 valence electrons. The number of nitrogens with zero attached hydrogens (tertiary/aromatic N) is 3. The lowest BCUT2D eigenvalue weighted by Crippen LogP contribution is -2.07. The van der Waals surface area contributed by atoms with Crippen LogP contribution in [0.2, 0.25) is 0 Å². The second-order valence-electron chi connectivity index (χ2n) is 4.52. The number of pyridine rings is 1. The maximum atomic E-state index is 4.43. The van der Waals surface area contributed by atoms with Crippen LogP contribution in [-0.4, -0.2) is 21.5 Å². The first-order valence-corrected chi connectivity index (χ1v) is 6.77. The quantitative estimate of drug-likeness (QED) is 0.892. The van der Waals surface area contributed by atoms with Crippen LogP contribution >= 0.6 is 0 Å². The van der Waals surface area contributed by atoms with Crippen molar-refractivity contribution in [2.75, 3.05) is 11.9 Å². The van der Waals surface area contributed by atoms with Gasteiger partial charge in [-0.3, -0.25) is 4.98 Å². The standard InChI is InChI=1S/C15H20N4/c1-4-8-16-15-13(5-2)14(18-10-19-15)12-7-6-11(3)17-9-12/h6-7,9-10H,4-5,8H2,1-3H3,(H,16,18,19). The number of hydrogen-bond donors (Lipinski definition) is 1. The Balaban J connectivity index is 2.42. The molecule has 0 fully saturated rings. The van der Waals surface area contributed by atoms with Gasteiger partial charge in [0.05, 0.1) is 5.69 Å². The predicted octanol–water partition coefficient (Wildman–Crippen LogP) is 3.23. The third-order valence-corrected chi connectivity index (χ3v) is 3.03. The lowest BCUT2D eigenvalue weighted by Gasteiger charge is -2.12. The summed E-state index contributed by atoms with van der Waals surface area (Å²) in [4.78, 5) is 13.1. The van der Waals surface area contributed by atoms with Crippen LogP contribution in [0.1, 0.15) is 31.5 Å². The Morgan fingerprint density at radius 2 is 1.95 bits per heavy atom. The molecule has 2 rings (SSSR count). The topological polar surface area (TPSA) is 50.7 Å². The maximum Gasteiger partial charge on any atom is 0.133 e. The minimum Gasteiger partial charge on any atom is -0.370 e. The number of nitrogens with one attached hydrogen (secondary N) is 1. The predicted molar refractivity (Wildman–Crippen MR) is 78.2 cm³/mol. The molecule has 0 aliphatic carbocycles. The highest BCUT2D eigenvalue weighted by molar-refractivity contribution is 5.67. The van der Waals surface area contributed by atoms with Crippen LogP contribution in [0.4, 0.5) is 5.82 Å². The van der Waals surface area contributed by atoms with Crippen LogP contribution in [0.15, 0.2) is 24.7 Å². The van der Waals surface area contributed by atoms with Crippen LogP contribution < -0.4 is 5.32 Å². The smallest absolute Gasteiger partial charge is 0.133 e. The summed E-state index contributed by atoms with van der Waals surface area (Å²) < 4.78 is 0. The summed E-state index contributed by atoms with van der Waals surface area (Å²) in [6.45, 7) is 7.18. The van der Waals surface area contributed by atoms with Gasteiger partial charge in [-0.25, -0.2) is 9.97 Å². The molecular weight excluding hydrogens is 236 g/mol. The Bertz CT molecular complexity index is 534. The van der Waals surface area contributed by atoms with Gasteiger partial charge >= 0.3 is 0 Å². The monoisotopic (exact) mass is 256 g/mol. The van der Waals surface area contributed by atoms with E-state index in [1.807, 2.05) is 19.2 Å². The van der Waals surface area contributed by atoms with E-state index in [-0.39, 0.29) is 0 Å². The van der Waals surface area contributed by atoms with E-state index in [0.29, 0.717) is 0 Å². The van der Waals surface area contributed by atoms with E-state index in [1.54, 1.807) is 6.33 Å². The van der Waals surface area contributed by atoms with Crippen LogP contribution in [0.3, 0.4) is 0 Å². The van der Waals surface area contributed by atoms with Gasteiger partial charge in [0.15, 0.2) is 0 Å². The lowest BCUT2D eigenvalue weighted by molar-refractivity contribution is 0.949. The molecule has 0 saturated heterocycles. The summed E-state index contributed by atoms with van der Waals surface area (Å²) >= 11 is 0. The van der Waals surface area contributed by atoms with Crippen LogP contribution in [0.5, 0.6) is 0 Å². The largest absolute Gasteiger partial charge is 0.370 e. The molecule has 2 aromatic heterocycles. The van der Waals surface area contributed by atoms with Gasteiger partial charge in [0.2, 0.25) is 0 Å². The zero-order valence-electron chi connectivity index (χ0n) is 11.8. The van der Waals surface area contributed by atoms with Crippen LogP contribution in [-0.2, 0) is 6.42 Å².